The molecule has 2 amide bonds. The largest absolute Gasteiger partial charge is 0.370 e. The van der Waals surface area contributed by atoms with Gasteiger partial charge in [0.2, 0.25) is 0 Å². The van der Waals surface area contributed by atoms with Crippen LogP contribution in [0.4, 0.5) is 10.5 Å². The van der Waals surface area contributed by atoms with E-state index < -0.39 is 16.1 Å². The molecule has 1 atom stereocenters. The van der Waals surface area contributed by atoms with E-state index in [0.717, 1.165) is 60.0 Å². The van der Waals surface area contributed by atoms with Crippen LogP contribution in [0.5, 0.6) is 0 Å². The minimum absolute atomic E-state index is 0.137. The number of ether oxygens (including phenoxy) is 1. The van der Waals surface area contributed by atoms with Gasteiger partial charge >= 0.3 is 6.03 Å². The lowest BCUT2D eigenvalue weighted by atomic mass is 9.97. The highest BCUT2D eigenvalue weighted by molar-refractivity contribution is 7.90. The smallest absolute Gasteiger partial charge is 0.333 e. The number of carbonyl (C=O) groups is 1. The molecule has 10 nitrogen and oxygen atoms in total. The number of aromatic nitrogens is 4. The van der Waals surface area contributed by atoms with Gasteiger partial charge in [0.25, 0.3) is 10.0 Å². The first-order valence-corrected chi connectivity index (χ1v) is 14.0. The van der Waals surface area contributed by atoms with Gasteiger partial charge < -0.3 is 14.5 Å². The number of benzene rings is 1. The van der Waals surface area contributed by atoms with E-state index in [2.05, 4.69) is 26.2 Å². The number of anilines is 1. The minimum Gasteiger partial charge on any atom is -0.370 e. The summed E-state index contributed by atoms with van der Waals surface area (Å²) in [5, 5.41) is 6.98. The van der Waals surface area contributed by atoms with E-state index in [1.54, 1.807) is 17.2 Å². The molecule has 11 heteroatoms. The Bertz CT molecular complexity index is 1650. The summed E-state index contributed by atoms with van der Waals surface area (Å²) in [6.45, 7) is 0.984. The molecule has 1 aliphatic heterocycles. The van der Waals surface area contributed by atoms with Gasteiger partial charge in [-0.2, -0.15) is 13.5 Å². The normalized spacial score (nSPS) is 19.0. The molecule has 37 heavy (non-hydrogen) atoms. The molecule has 1 fully saturated rings. The van der Waals surface area contributed by atoms with Crippen molar-refractivity contribution in [2.75, 3.05) is 11.9 Å². The molecular weight excluding hydrogens is 492 g/mol. The van der Waals surface area contributed by atoms with Crippen LogP contribution < -0.4 is 10.0 Å². The van der Waals surface area contributed by atoms with Gasteiger partial charge in [-0.25, -0.2) is 14.5 Å². The highest BCUT2D eigenvalue weighted by atomic mass is 32.2. The maximum Gasteiger partial charge on any atom is 0.333 e. The van der Waals surface area contributed by atoms with Crippen molar-refractivity contribution < 1.29 is 17.9 Å². The predicted octanol–water partition coefficient (Wildman–Crippen LogP) is 3.68. The van der Waals surface area contributed by atoms with E-state index in [4.69, 9.17) is 4.74 Å². The van der Waals surface area contributed by atoms with Gasteiger partial charge in [0, 0.05) is 17.8 Å². The Kier molecular flexibility index (Phi) is 5.12. The number of fused-ring (bicyclic) bond motifs is 3. The standard InChI is InChI=1S/C26H26N6O4S/c33-26(30-37(34,35)23-13-22-25(17-4-5-17)36-11-10-32(22)29-23)28-24-20-3-1-2-16(20)6-7-21(24)18-8-9-31-15-27-14-19(31)12-18/h6-9,12-15,17,25H,1-5,10-11H2,(H2,28,30,33)/t25-/m1/s1. The van der Waals surface area contributed by atoms with E-state index in [1.165, 1.54) is 11.6 Å². The molecule has 0 radical (unpaired) electrons. The van der Waals surface area contributed by atoms with Gasteiger partial charge in [0.05, 0.1) is 42.6 Å². The Morgan fingerprint density at radius 2 is 2.03 bits per heavy atom. The Labute approximate surface area is 213 Å². The average Bonchev–Trinajstić information content (AvgIpc) is 3.26. The number of urea groups is 1. The molecule has 4 aromatic rings. The van der Waals surface area contributed by atoms with Crippen LogP contribution in [-0.4, -0.2) is 40.2 Å². The highest BCUT2D eigenvalue weighted by Crippen LogP contribution is 2.45. The van der Waals surface area contributed by atoms with Crippen LogP contribution in [-0.2, 0) is 34.1 Å². The van der Waals surface area contributed by atoms with Crippen LogP contribution in [0.25, 0.3) is 16.6 Å². The van der Waals surface area contributed by atoms with Crippen LogP contribution in [0.3, 0.4) is 0 Å². The molecule has 7 rings (SSSR count). The molecule has 3 aromatic heterocycles. The second-order valence-electron chi connectivity index (χ2n) is 9.94. The third-order valence-corrected chi connectivity index (χ3v) is 8.68. The number of imidazole rings is 1. The summed E-state index contributed by atoms with van der Waals surface area (Å²) in [6.07, 6.45) is 10.1. The molecule has 2 aliphatic carbocycles. The molecule has 190 valence electrons. The van der Waals surface area contributed by atoms with E-state index >= 15 is 0 Å². The monoisotopic (exact) mass is 518 g/mol. The second-order valence-corrected chi connectivity index (χ2v) is 11.6. The van der Waals surface area contributed by atoms with Crippen molar-refractivity contribution in [3.8, 4) is 11.1 Å². The van der Waals surface area contributed by atoms with Crippen molar-refractivity contribution in [2.45, 2.75) is 49.8 Å². The van der Waals surface area contributed by atoms with Crippen molar-refractivity contribution in [3.05, 3.63) is 65.9 Å². The number of hydrogen-bond donors (Lipinski definition) is 2. The number of nitrogens with one attached hydrogen (secondary N) is 2. The first kappa shape index (κ1) is 22.5. The molecule has 0 spiro atoms. The van der Waals surface area contributed by atoms with Crippen molar-refractivity contribution in [3.63, 3.8) is 0 Å². The topological polar surface area (TPSA) is 120 Å². The van der Waals surface area contributed by atoms with Crippen LogP contribution in [0, 0.1) is 5.92 Å². The number of rotatable bonds is 5. The van der Waals surface area contributed by atoms with Crippen molar-refractivity contribution >= 4 is 27.3 Å². The fraction of sp³-hybridized carbons (Fsp3) is 0.346. The lowest BCUT2D eigenvalue weighted by Crippen LogP contribution is -2.35. The van der Waals surface area contributed by atoms with Gasteiger partial charge in [0.15, 0.2) is 5.03 Å². The first-order chi connectivity index (χ1) is 18.0. The maximum atomic E-state index is 13.2. The van der Waals surface area contributed by atoms with Gasteiger partial charge in [-0.3, -0.25) is 4.68 Å². The fourth-order valence-corrected chi connectivity index (χ4v) is 6.41. The van der Waals surface area contributed by atoms with Gasteiger partial charge in [-0.1, -0.05) is 12.1 Å². The van der Waals surface area contributed by atoms with Gasteiger partial charge in [-0.05, 0) is 66.8 Å². The quantitative estimate of drug-likeness (QED) is 0.416. The van der Waals surface area contributed by atoms with Gasteiger partial charge in [0.1, 0.15) is 6.10 Å². The van der Waals surface area contributed by atoms with E-state index in [0.29, 0.717) is 24.8 Å². The molecule has 2 N–H and O–H groups in total. The summed E-state index contributed by atoms with van der Waals surface area (Å²) in [5.74, 6) is 0.405. The number of hydrogen-bond acceptors (Lipinski definition) is 6. The molecule has 0 saturated heterocycles. The van der Waals surface area contributed by atoms with E-state index in [1.807, 2.05) is 28.8 Å². The molecule has 1 aromatic carbocycles. The molecule has 3 aliphatic rings. The summed E-state index contributed by atoms with van der Waals surface area (Å²) >= 11 is 0. The summed E-state index contributed by atoms with van der Waals surface area (Å²) in [6, 6.07) is 8.75. The van der Waals surface area contributed by atoms with Crippen LogP contribution in [0.2, 0.25) is 0 Å². The molecule has 1 saturated carbocycles. The Hall–Kier alpha value is -3.70. The lowest BCUT2D eigenvalue weighted by Gasteiger charge is -2.23. The van der Waals surface area contributed by atoms with Crippen LogP contribution in [0.15, 0.2) is 54.1 Å². The number of pyridine rings is 1. The highest BCUT2D eigenvalue weighted by Gasteiger charge is 2.38. The number of sulfonamides is 1. The number of nitrogens with zero attached hydrogens (tertiary/aromatic N) is 4. The number of carbonyl (C=O) groups excluding carboxylic acids is 1. The van der Waals surface area contributed by atoms with Crippen molar-refractivity contribution in [2.24, 2.45) is 5.92 Å². The second kappa shape index (κ2) is 8.42. The van der Waals surface area contributed by atoms with Gasteiger partial charge in [-0.15, -0.1) is 0 Å². The SMILES string of the molecule is O=C(Nc1c(-c2ccn3cncc3c2)ccc2c1CCC2)NS(=O)(=O)c1cc2n(n1)CCO[C@@H]2C1CC1. The minimum atomic E-state index is -4.18. The number of amides is 2. The van der Waals surface area contributed by atoms with Crippen molar-refractivity contribution in [1.82, 2.24) is 23.9 Å². The van der Waals surface area contributed by atoms with E-state index in [-0.39, 0.29) is 11.1 Å². The number of aryl methyl sites for hydroxylation is 1. The summed E-state index contributed by atoms with van der Waals surface area (Å²) in [5.41, 5.74) is 6.27. The third kappa shape index (κ3) is 3.98. The Balaban J connectivity index is 1.18. The van der Waals surface area contributed by atoms with Crippen molar-refractivity contribution in [1.29, 1.82) is 0 Å². The zero-order valence-electron chi connectivity index (χ0n) is 20.1. The molecular formula is C26H26N6O4S. The zero-order chi connectivity index (χ0) is 25.1. The summed E-state index contributed by atoms with van der Waals surface area (Å²) in [7, 11) is -4.18. The zero-order valence-corrected chi connectivity index (χ0v) is 20.9. The summed E-state index contributed by atoms with van der Waals surface area (Å²) < 4.78 is 37.9. The van der Waals surface area contributed by atoms with E-state index in [9.17, 15) is 13.2 Å². The molecule has 4 heterocycles. The molecule has 0 bridgehead atoms. The third-order valence-electron chi connectivity index (χ3n) is 7.48. The average molecular weight is 519 g/mol. The fourth-order valence-electron chi connectivity index (χ4n) is 5.52. The van der Waals surface area contributed by atoms with Crippen LogP contribution >= 0.6 is 0 Å². The maximum absolute atomic E-state index is 13.2. The Morgan fingerprint density at radius 3 is 2.89 bits per heavy atom. The Morgan fingerprint density at radius 1 is 1.14 bits per heavy atom. The lowest BCUT2D eigenvalue weighted by molar-refractivity contribution is 0.00273. The summed E-state index contributed by atoms with van der Waals surface area (Å²) in [4.78, 5) is 17.3. The predicted molar refractivity (Wildman–Crippen MR) is 136 cm³/mol. The molecule has 0 unspecified atom stereocenters. The van der Waals surface area contributed by atoms with Crippen LogP contribution in [0.1, 0.15) is 42.2 Å². The first-order valence-electron chi connectivity index (χ1n) is 12.6.